The van der Waals surface area contributed by atoms with Gasteiger partial charge in [0, 0.05) is 52.4 Å². The number of hydrogen-bond acceptors (Lipinski definition) is 9. The van der Waals surface area contributed by atoms with Crippen molar-refractivity contribution in [3.8, 4) is 0 Å². The summed E-state index contributed by atoms with van der Waals surface area (Å²) >= 11 is 0.980. The molecule has 2 aromatic rings. The maximum atomic E-state index is 15.6. The van der Waals surface area contributed by atoms with Crippen molar-refractivity contribution in [3.05, 3.63) is 28.1 Å². The van der Waals surface area contributed by atoms with Gasteiger partial charge in [0.2, 0.25) is 0 Å². The molecule has 190 valence electrons. The number of hydrogen-bond donors (Lipinski definition) is 0. The molecular weight excluding hydrogens is 484 g/mol. The minimum atomic E-state index is -0.846. The molecule has 13 heteroatoms. The second kappa shape index (κ2) is 10.6. The van der Waals surface area contributed by atoms with Gasteiger partial charge in [-0.15, -0.1) is 0 Å². The number of halogens is 2. The van der Waals surface area contributed by atoms with Crippen LogP contribution >= 0.6 is 11.3 Å². The van der Waals surface area contributed by atoms with E-state index in [0.717, 1.165) is 17.4 Å². The maximum absolute atomic E-state index is 15.6. The van der Waals surface area contributed by atoms with Gasteiger partial charge in [-0.25, -0.2) is 18.4 Å². The van der Waals surface area contributed by atoms with Crippen LogP contribution in [0.25, 0.3) is 10.1 Å². The summed E-state index contributed by atoms with van der Waals surface area (Å²) in [6.45, 7) is 6.50. The number of carbonyl (C=O) groups is 2. The number of rotatable bonds is 4. The van der Waals surface area contributed by atoms with Gasteiger partial charge in [-0.1, -0.05) is 11.3 Å². The minimum absolute atomic E-state index is 0.0250. The number of anilines is 2. The van der Waals surface area contributed by atoms with Crippen LogP contribution in [0.4, 0.5) is 29.2 Å². The van der Waals surface area contributed by atoms with Crippen LogP contribution in [0, 0.1) is 11.6 Å². The lowest BCUT2D eigenvalue weighted by Gasteiger charge is -2.36. The molecule has 1 aromatic carbocycles. The fraction of sp³-hybridized carbons (Fsp3) is 0.545. The zero-order valence-corrected chi connectivity index (χ0v) is 20.4. The van der Waals surface area contributed by atoms with E-state index in [1.165, 1.54) is 9.80 Å². The molecule has 35 heavy (non-hydrogen) atoms. The van der Waals surface area contributed by atoms with E-state index in [1.807, 2.05) is 4.90 Å². The number of nitrogens with zero attached hydrogens (tertiary/aromatic N) is 5. The fourth-order valence-corrected chi connectivity index (χ4v) is 5.22. The molecule has 3 heterocycles. The number of amides is 2. The van der Waals surface area contributed by atoms with Crippen molar-refractivity contribution in [1.29, 1.82) is 0 Å². The Balaban J connectivity index is 1.57. The molecule has 10 nitrogen and oxygen atoms in total. The monoisotopic (exact) mass is 511 g/mol. The van der Waals surface area contributed by atoms with Gasteiger partial charge >= 0.3 is 12.2 Å². The third kappa shape index (κ3) is 5.09. The minimum Gasteiger partial charge on any atom is -0.450 e. The van der Waals surface area contributed by atoms with Gasteiger partial charge in [-0.3, -0.25) is 4.79 Å². The Kier molecular flexibility index (Phi) is 7.53. The highest BCUT2D eigenvalue weighted by Crippen LogP contribution is 2.35. The second-order valence-corrected chi connectivity index (χ2v) is 9.02. The van der Waals surface area contributed by atoms with E-state index < -0.39 is 29.4 Å². The third-order valence-electron chi connectivity index (χ3n) is 5.97. The Morgan fingerprint density at radius 1 is 0.914 bits per heavy atom. The summed E-state index contributed by atoms with van der Waals surface area (Å²) in [6, 6.07) is 1.03. The van der Waals surface area contributed by atoms with Gasteiger partial charge in [-0.05, 0) is 19.9 Å². The molecule has 1 aromatic heterocycles. The molecule has 2 amide bonds. The van der Waals surface area contributed by atoms with Gasteiger partial charge in [0.1, 0.15) is 11.5 Å². The van der Waals surface area contributed by atoms with Crippen molar-refractivity contribution >= 4 is 44.4 Å². The predicted molar refractivity (Wildman–Crippen MR) is 127 cm³/mol. The van der Waals surface area contributed by atoms with E-state index in [1.54, 1.807) is 18.7 Å². The summed E-state index contributed by atoms with van der Waals surface area (Å²) in [6.07, 6.45) is -0.857. The number of piperazine rings is 2. The van der Waals surface area contributed by atoms with E-state index in [4.69, 9.17) is 9.47 Å². The Labute approximate surface area is 204 Å². The smallest absolute Gasteiger partial charge is 0.409 e. The van der Waals surface area contributed by atoms with Crippen molar-refractivity contribution in [2.24, 2.45) is 0 Å². The van der Waals surface area contributed by atoms with Crippen LogP contribution < -0.4 is 15.4 Å². The van der Waals surface area contributed by atoms with Crippen LogP contribution in [0.5, 0.6) is 0 Å². The number of benzene rings is 1. The van der Waals surface area contributed by atoms with Crippen LogP contribution in [0.2, 0.25) is 0 Å². The lowest BCUT2D eigenvalue weighted by molar-refractivity contribution is 0.104. The van der Waals surface area contributed by atoms with Crippen molar-refractivity contribution in [3.63, 3.8) is 0 Å². The summed E-state index contributed by atoms with van der Waals surface area (Å²) in [4.78, 5) is 47.0. The predicted octanol–water partition coefficient (Wildman–Crippen LogP) is 2.49. The van der Waals surface area contributed by atoms with Crippen molar-refractivity contribution in [1.82, 2.24) is 14.8 Å². The topological polar surface area (TPSA) is 95.5 Å². The lowest BCUT2D eigenvalue weighted by atomic mass is 10.2. The fourth-order valence-electron chi connectivity index (χ4n) is 4.16. The Hall–Kier alpha value is -3.22. The lowest BCUT2D eigenvalue weighted by Crippen LogP contribution is -2.49. The van der Waals surface area contributed by atoms with E-state index in [-0.39, 0.29) is 55.2 Å². The molecule has 2 saturated heterocycles. The van der Waals surface area contributed by atoms with Gasteiger partial charge in [-0.2, -0.15) is 4.98 Å². The Morgan fingerprint density at radius 2 is 1.43 bits per heavy atom. The molecule has 2 aliphatic rings. The summed E-state index contributed by atoms with van der Waals surface area (Å²) in [5, 5.41) is 0.197. The van der Waals surface area contributed by atoms with Crippen LogP contribution in [0.15, 0.2) is 10.9 Å². The quantitative estimate of drug-likeness (QED) is 0.618. The molecule has 0 spiro atoms. The molecule has 2 aliphatic heterocycles. The number of aromatic nitrogens is 1. The van der Waals surface area contributed by atoms with E-state index in [9.17, 15) is 18.8 Å². The molecule has 0 bridgehead atoms. The van der Waals surface area contributed by atoms with Crippen molar-refractivity contribution < 1.29 is 27.8 Å². The number of fused-ring (bicyclic) bond motifs is 1. The van der Waals surface area contributed by atoms with E-state index >= 15 is 4.39 Å². The van der Waals surface area contributed by atoms with Crippen LogP contribution in [0.3, 0.4) is 0 Å². The normalized spacial score (nSPS) is 16.6. The third-order valence-corrected chi connectivity index (χ3v) is 7.10. The Bertz CT molecular complexity index is 1160. The first-order valence-electron chi connectivity index (χ1n) is 11.5. The van der Waals surface area contributed by atoms with Gasteiger partial charge in [0.25, 0.3) is 5.56 Å². The highest BCUT2D eigenvalue weighted by molar-refractivity contribution is 7.21. The molecule has 0 radical (unpaired) electrons. The SMILES string of the molecule is CCOC(=O)N1CCN(c2nc(=O)c3cc(F)c(N4CCN(C(=O)OCC)CC4)c(F)c3s2)CC1. The van der Waals surface area contributed by atoms with Crippen LogP contribution in [-0.4, -0.2) is 92.5 Å². The van der Waals surface area contributed by atoms with Gasteiger partial charge in [0.15, 0.2) is 10.9 Å². The highest BCUT2D eigenvalue weighted by Gasteiger charge is 2.29. The first-order valence-corrected chi connectivity index (χ1v) is 12.3. The molecule has 0 atom stereocenters. The standard InChI is InChI=1S/C22H27F2N5O5S/c1-3-33-21(31)28-9-5-26(6-10-28)17-15(23)13-14-18(16(17)24)35-20(25-19(14)30)27-7-11-29(12-8-27)22(32)34-4-2/h13H,3-12H2,1-2H3. The number of carbonyl (C=O) groups excluding carboxylic acids is 2. The van der Waals surface area contributed by atoms with Crippen molar-refractivity contribution in [2.45, 2.75) is 13.8 Å². The first kappa shape index (κ1) is 24.9. The molecule has 0 N–H and O–H groups in total. The summed E-state index contributed by atoms with van der Waals surface area (Å²) < 4.78 is 40.6. The largest absolute Gasteiger partial charge is 0.450 e. The zero-order chi connectivity index (χ0) is 25.1. The van der Waals surface area contributed by atoms with Gasteiger partial charge < -0.3 is 29.1 Å². The summed E-state index contributed by atoms with van der Waals surface area (Å²) in [7, 11) is 0. The first-order chi connectivity index (χ1) is 16.8. The summed E-state index contributed by atoms with van der Waals surface area (Å²) in [5.74, 6) is -1.66. The summed E-state index contributed by atoms with van der Waals surface area (Å²) in [5.41, 5.74) is -0.931. The molecule has 4 rings (SSSR count). The van der Waals surface area contributed by atoms with E-state index in [2.05, 4.69) is 4.98 Å². The average Bonchev–Trinajstić information content (AvgIpc) is 2.85. The van der Waals surface area contributed by atoms with Crippen LogP contribution in [0.1, 0.15) is 13.8 Å². The molecular formula is C22H27F2N5O5S. The molecule has 0 unspecified atom stereocenters. The van der Waals surface area contributed by atoms with Gasteiger partial charge in [0.05, 0.1) is 23.3 Å². The van der Waals surface area contributed by atoms with Crippen molar-refractivity contribution in [2.75, 3.05) is 75.4 Å². The molecule has 2 fully saturated rings. The second-order valence-electron chi connectivity index (χ2n) is 8.05. The zero-order valence-electron chi connectivity index (χ0n) is 19.6. The number of ether oxygens (including phenoxy) is 2. The van der Waals surface area contributed by atoms with Crippen LogP contribution in [-0.2, 0) is 9.47 Å². The average molecular weight is 512 g/mol. The maximum Gasteiger partial charge on any atom is 0.409 e. The molecule has 0 aliphatic carbocycles. The molecule has 0 saturated carbocycles. The Morgan fingerprint density at radius 3 is 1.94 bits per heavy atom. The van der Waals surface area contributed by atoms with E-state index in [0.29, 0.717) is 31.3 Å². The highest BCUT2D eigenvalue weighted by atomic mass is 32.1.